The molecule has 6 nitrogen and oxygen atoms in total. The van der Waals surface area contributed by atoms with E-state index in [1.807, 2.05) is 0 Å². The molecule has 10 heteroatoms. The summed E-state index contributed by atoms with van der Waals surface area (Å²) in [7, 11) is 0. The third-order valence-corrected chi connectivity index (χ3v) is 5.52. The number of hydrogen-bond donors (Lipinski definition) is 1. The van der Waals surface area contributed by atoms with Crippen LogP contribution in [0.1, 0.15) is 21.5 Å². The van der Waals surface area contributed by atoms with E-state index in [0.29, 0.717) is 21.5 Å². The van der Waals surface area contributed by atoms with Crippen molar-refractivity contribution in [3.8, 4) is 22.9 Å². The molecule has 172 valence electrons. The van der Waals surface area contributed by atoms with Gasteiger partial charge in [0.2, 0.25) is 5.88 Å². The van der Waals surface area contributed by atoms with Crippen LogP contribution in [0.25, 0.3) is 11.3 Å². The van der Waals surface area contributed by atoms with Crippen molar-refractivity contribution in [1.29, 1.82) is 0 Å². The van der Waals surface area contributed by atoms with Gasteiger partial charge in [-0.1, -0.05) is 6.07 Å². The van der Waals surface area contributed by atoms with E-state index in [-0.39, 0.29) is 17.1 Å². The number of halogens is 4. The largest absolute Gasteiger partial charge is 0.438 e. The Kier molecular flexibility index (Phi) is 6.60. The first-order valence-electron chi connectivity index (χ1n) is 9.90. The van der Waals surface area contributed by atoms with Gasteiger partial charge in [0.25, 0.3) is 5.91 Å². The van der Waals surface area contributed by atoms with Gasteiger partial charge in [-0.3, -0.25) is 4.79 Å². The van der Waals surface area contributed by atoms with Gasteiger partial charge in [-0.2, -0.15) is 13.2 Å². The van der Waals surface area contributed by atoms with E-state index in [9.17, 15) is 18.0 Å². The normalized spacial score (nSPS) is 11.2. The second-order valence-corrected chi connectivity index (χ2v) is 8.03. The molecule has 4 rings (SSSR count). The van der Waals surface area contributed by atoms with Crippen LogP contribution in [-0.2, 0) is 6.18 Å². The third kappa shape index (κ3) is 5.23. The summed E-state index contributed by atoms with van der Waals surface area (Å²) in [5.41, 5.74) is 1.30. The van der Waals surface area contributed by atoms with Gasteiger partial charge in [-0.05, 0) is 76.9 Å². The Morgan fingerprint density at radius 1 is 1.03 bits per heavy atom. The highest BCUT2D eigenvalue weighted by Gasteiger charge is 2.31. The molecule has 34 heavy (non-hydrogen) atoms. The summed E-state index contributed by atoms with van der Waals surface area (Å²) in [5.74, 6) is 0.0502. The number of carbonyl (C=O) groups excluding carboxylic acids is 1. The Labute approximate surface area is 201 Å². The summed E-state index contributed by atoms with van der Waals surface area (Å²) in [6, 6.07) is 13.0. The number of ether oxygens (including phenoxy) is 1. The van der Waals surface area contributed by atoms with Crippen molar-refractivity contribution in [3.63, 3.8) is 0 Å². The van der Waals surface area contributed by atoms with Gasteiger partial charge in [0.15, 0.2) is 0 Å². The van der Waals surface area contributed by atoms with Crippen LogP contribution in [0.5, 0.6) is 11.6 Å². The van der Waals surface area contributed by atoms with Gasteiger partial charge in [0, 0.05) is 22.4 Å². The van der Waals surface area contributed by atoms with E-state index >= 15 is 0 Å². The molecule has 4 aromatic rings. The van der Waals surface area contributed by atoms with Crippen LogP contribution in [0.2, 0.25) is 0 Å². The number of benzene rings is 2. The molecule has 0 atom stereocenters. The van der Waals surface area contributed by atoms with Gasteiger partial charge in [-0.25, -0.2) is 15.0 Å². The molecule has 0 saturated carbocycles. The topological polar surface area (TPSA) is 77.0 Å². The molecule has 1 amide bonds. The molecule has 0 aliphatic rings. The predicted molar refractivity (Wildman–Crippen MR) is 124 cm³/mol. The molecular formula is C24H16BrF3N4O2. The maximum absolute atomic E-state index is 13.1. The number of nitrogens with zero attached hydrogens (tertiary/aromatic N) is 3. The molecule has 0 aliphatic heterocycles. The third-order valence-electron chi connectivity index (χ3n) is 4.83. The van der Waals surface area contributed by atoms with Gasteiger partial charge in [0.05, 0.1) is 22.5 Å². The van der Waals surface area contributed by atoms with Crippen LogP contribution in [0.3, 0.4) is 0 Å². The van der Waals surface area contributed by atoms with Gasteiger partial charge in [-0.15, -0.1) is 0 Å². The number of amides is 1. The Balaban J connectivity index is 1.61. The summed E-state index contributed by atoms with van der Waals surface area (Å²) in [6.45, 7) is 1.80. The first-order valence-corrected chi connectivity index (χ1v) is 10.7. The minimum absolute atomic E-state index is 0.00126. The Morgan fingerprint density at radius 3 is 2.59 bits per heavy atom. The zero-order valence-electron chi connectivity index (χ0n) is 17.6. The lowest BCUT2D eigenvalue weighted by Gasteiger charge is -2.14. The fourth-order valence-corrected chi connectivity index (χ4v) is 3.41. The second-order valence-electron chi connectivity index (χ2n) is 7.18. The molecule has 2 aromatic carbocycles. The summed E-state index contributed by atoms with van der Waals surface area (Å²) in [4.78, 5) is 25.2. The van der Waals surface area contributed by atoms with E-state index < -0.39 is 17.6 Å². The van der Waals surface area contributed by atoms with Crippen molar-refractivity contribution < 1.29 is 22.7 Å². The minimum Gasteiger partial charge on any atom is -0.438 e. The summed E-state index contributed by atoms with van der Waals surface area (Å²) < 4.78 is 45.5. The maximum Gasteiger partial charge on any atom is 0.416 e. The minimum atomic E-state index is -4.53. The molecule has 0 radical (unpaired) electrons. The van der Waals surface area contributed by atoms with Crippen LogP contribution in [0.15, 0.2) is 77.8 Å². The molecule has 0 saturated heterocycles. The zero-order valence-corrected chi connectivity index (χ0v) is 19.2. The highest BCUT2D eigenvalue weighted by molar-refractivity contribution is 9.10. The molecule has 1 N–H and O–H groups in total. The molecule has 0 aliphatic carbocycles. The fraction of sp³-hybridized carbons (Fsp3) is 0.0833. The molecule has 2 heterocycles. The second kappa shape index (κ2) is 9.60. The summed E-state index contributed by atoms with van der Waals surface area (Å²) in [6.07, 6.45) is 0.0433. The number of rotatable bonds is 5. The summed E-state index contributed by atoms with van der Waals surface area (Å²) >= 11 is 3.17. The molecular weight excluding hydrogens is 513 g/mol. The first kappa shape index (κ1) is 23.4. The van der Waals surface area contributed by atoms with Crippen LogP contribution in [0.4, 0.5) is 18.9 Å². The number of aryl methyl sites for hydroxylation is 1. The first-order chi connectivity index (χ1) is 16.2. The predicted octanol–water partition coefficient (Wildman–Crippen LogP) is 6.67. The number of anilines is 1. The lowest BCUT2D eigenvalue weighted by atomic mass is 10.1. The molecule has 0 spiro atoms. The lowest BCUT2D eigenvalue weighted by Crippen LogP contribution is -2.14. The van der Waals surface area contributed by atoms with E-state index in [4.69, 9.17) is 4.74 Å². The number of carbonyl (C=O) groups is 1. The van der Waals surface area contributed by atoms with Gasteiger partial charge < -0.3 is 10.1 Å². The van der Waals surface area contributed by atoms with Gasteiger partial charge in [0.1, 0.15) is 12.1 Å². The number of hydrogen-bond acceptors (Lipinski definition) is 5. The number of pyridine rings is 1. The van der Waals surface area contributed by atoms with E-state index in [0.717, 1.165) is 17.7 Å². The van der Waals surface area contributed by atoms with Gasteiger partial charge >= 0.3 is 6.18 Å². The Morgan fingerprint density at radius 2 is 1.85 bits per heavy atom. The van der Waals surface area contributed by atoms with Crippen LogP contribution >= 0.6 is 15.9 Å². The van der Waals surface area contributed by atoms with E-state index in [2.05, 4.69) is 36.2 Å². The molecule has 0 bridgehead atoms. The van der Waals surface area contributed by atoms with Crippen molar-refractivity contribution in [2.45, 2.75) is 13.1 Å². The van der Waals surface area contributed by atoms with Crippen LogP contribution in [-0.4, -0.2) is 20.9 Å². The zero-order chi connectivity index (χ0) is 24.3. The average molecular weight is 529 g/mol. The van der Waals surface area contributed by atoms with Crippen molar-refractivity contribution in [1.82, 2.24) is 15.0 Å². The average Bonchev–Trinajstić information content (AvgIpc) is 2.82. The maximum atomic E-state index is 13.1. The highest BCUT2D eigenvalue weighted by Crippen LogP contribution is 2.35. The fourth-order valence-electron chi connectivity index (χ4n) is 3.06. The highest BCUT2D eigenvalue weighted by atomic mass is 79.9. The Hall–Kier alpha value is -3.79. The SMILES string of the molecule is Cc1ccc(C(=O)Nc2cc(C(F)(F)F)ccc2Br)cc1Oc1ncccc1-c1ccncn1. The number of aromatic nitrogens is 3. The van der Waals surface area contributed by atoms with Crippen molar-refractivity contribution in [2.24, 2.45) is 0 Å². The van der Waals surface area contributed by atoms with Crippen LogP contribution < -0.4 is 10.1 Å². The van der Waals surface area contributed by atoms with E-state index in [1.54, 1.807) is 49.6 Å². The van der Waals surface area contributed by atoms with Crippen LogP contribution in [0, 0.1) is 6.92 Å². The van der Waals surface area contributed by atoms with Crippen molar-refractivity contribution >= 4 is 27.5 Å². The summed E-state index contributed by atoms with van der Waals surface area (Å²) in [5, 5.41) is 2.51. The van der Waals surface area contributed by atoms with Crippen molar-refractivity contribution in [3.05, 3.63) is 94.5 Å². The number of nitrogens with one attached hydrogen (secondary N) is 1. The van der Waals surface area contributed by atoms with E-state index in [1.165, 1.54) is 18.5 Å². The lowest BCUT2D eigenvalue weighted by molar-refractivity contribution is -0.137. The molecule has 0 unspecified atom stereocenters. The molecule has 2 aromatic heterocycles. The Bertz CT molecular complexity index is 1350. The van der Waals surface area contributed by atoms with Crippen molar-refractivity contribution in [2.75, 3.05) is 5.32 Å². The smallest absolute Gasteiger partial charge is 0.416 e. The standard InChI is InChI=1S/C24H16BrF3N4O2/c1-14-4-5-15(22(33)32-20-12-16(24(26,27)28)6-7-18(20)25)11-21(14)34-23-17(3-2-9-30-23)19-8-10-29-13-31-19/h2-13H,1H3,(H,32,33). The monoisotopic (exact) mass is 528 g/mol. The quantitative estimate of drug-likeness (QED) is 0.313. The number of alkyl halides is 3. The molecule has 0 fully saturated rings.